The number of ether oxygens (including phenoxy) is 3. The highest BCUT2D eigenvalue weighted by atomic mass is 19.1. The molecule has 2 aromatic carbocycles. The lowest BCUT2D eigenvalue weighted by Crippen LogP contribution is -2.34. The molecule has 1 aliphatic rings. The van der Waals surface area contributed by atoms with Crippen molar-refractivity contribution in [2.24, 2.45) is 0 Å². The van der Waals surface area contributed by atoms with E-state index >= 15 is 0 Å². The molecule has 0 saturated carbocycles. The van der Waals surface area contributed by atoms with Crippen LogP contribution in [0.3, 0.4) is 0 Å². The minimum Gasteiger partial charge on any atom is -0.497 e. The Hall–Kier alpha value is -3.39. The SMILES string of the molecule is COc1ccc(NC2=C(c3ccc(F)cc3)C(=O)N(CCCOC(C)C)C2=O)c(OC)c1. The van der Waals surface area contributed by atoms with Crippen LogP contribution in [-0.2, 0) is 14.3 Å². The first-order valence-electron chi connectivity index (χ1n) is 10.3. The zero-order valence-corrected chi connectivity index (χ0v) is 18.6. The number of nitrogens with one attached hydrogen (secondary N) is 1. The van der Waals surface area contributed by atoms with E-state index in [1.54, 1.807) is 18.2 Å². The largest absolute Gasteiger partial charge is 0.497 e. The van der Waals surface area contributed by atoms with E-state index in [4.69, 9.17) is 14.2 Å². The molecule has 1 N–H and O–H groups in total. The zero-order chi connectivity index (χ0) is 23.3. The molecule has 0 radical (unpaired) electrons. The van der Waals surface area contributed by atoms with Gasteiger partial charge in [0.15, 0.2) is 0 Å². The Kier molecular flexibility index (Phi) is 7.48. The number of imide groups is 1. The Labute approximate surface area is 186 Å². The van der Waals surface area contributed by atoms with E-state index in [1.807, 2.05) is 13.8 Å². The first kappa shape index (κ1) is 23.3. The van der Waals surface area contributed by atoms with Crippen molar-refractivity contribution in [2.45, 2.75) is 26.4 Å². The fourth-order valence-electron chi connectivity index (χ4n) is 3.36. The number of amides is 2. The molecule has 1 aliphatic heterocycles. The van der Waals surface area contributed by atoms with Crippen LogP contribution in [-0.4, -0.2) is 50.2 Å². The molecule has 0 bridgehead atoms. The molecule has 1 heterocycles. The van der Waals surface area contributed by atoms with E-state index < -0.39 is 17.6 Å². The summed E-state index contributed by atoms with van der Waals surface area (Å²) in [6.45, 7) is 4.48. The summed E-state index contributed by atoms with van der Waals surface area (Å²) in [7, 11) is 3.04. The van der Waals surface area contributed by atoms with Gasteiger partial charge in [-0.05, 0) is 50.1 Å². The summed E-state index contributed by atoms with van der Waals surface area (Å²) in [5.74, 6) is -0.307. The van der Waals surface area contributed by atoms with E-state index in [1.165, 1.54) is 43.4 Å². The number of benzene rings is 2. The number of methoxy groups -OCH3 is 2. The fraction of sp³-hybridized carbons (Fsp3) is 0.333. The third-order valence-electron chi connectivity index (χ3n) is 4.95. The molecule has 0 atom stereocenters. The van der Waals surface area contributed by atoms with Crippen molar-refractivity contribution < 1.29 is 28.2 Å². The van der Waals surface area contributed by atoms with Crippen LogP contribution in [0.5, 0.6) is 11.5 Å². The second kappa shape index (κ2) is 10.3. The van der Waals surface area contributed by atoms with Crippen LogP contribution >= 0.6 is 0 Å². The van der Waals surface area contributed by atoms with Gasteiger partial charge in [0.2, 0.25) is 0 Å². The molecule has 170 valence electrons. The number of anilines is 1. The molecule has 3 rings (SSSR count). The molecule has 0 unspecified atom stereocenters. The van der Waals surface area contributed by atoms with E-state index in [9.17, 15) is 14.0 Å². The van der Waals surface area contributed by atoms with Gasteiger partial charge in [-0.2, -0.15) is 0 Å². The van der Waals surface area contributed by atoms with Crippen molar-refractivity contribution in [1.29, 1.82) is 0 Å². The summed E-state index contributed by atoms with van der Waals surface area (Å²) in [5, 5.41) is 3.06. The number of hydrogen-bond acceptors (Lipinski definition) is 6. The predicted octanol–water partition coefficient (Wildman–Crippen LogP) is 3.85. The van der Waals surface area contributed by atoms with Crippen LogP contribution in [0.15, 0.2) is 48.2 Å². The smallest absolute Gasteiger partial charge is 0.278 e. The highest BCUT2D eigenvalue weighted by molar-refractivity contribution is 6.36. The quantitative estimate of drug-likeness (QED) is 0.445. The van der Waals surface area contributed by atoms with Crippen LogP contribution in [0.25, 0.3) is 5.57 Å². The van der Waals surface area contributed by atoms with Crippen molar-refractivity contribution in [2.75, 3.05) is 32.7 Å². The Bertz CT molecular complexity index is 1020. The summed E-state index contributed by atoms with van der Waals surface area (Å²) < 4.78 is 29.6. The molecule has 0 aliphatic carbocycles. The topological polar surface area (TPSA) is 77.1 Å². The minimum absolute atomic E-state index is 0.0626. The van der Waals surface area contributed by atoms with Gasteiger partial charge in [0.05, 0.1) is 31.6 Å². The second-order valence-corrected chi connectivity index (χ2v) is 7.48. The maximum absolute atomic E-state index is 13.5. The minimum atomic E-state index is -0.461. The third kappa shape index (κ3) is 5.08. The molecule has 0 spiro atoms. The average Bonchev–Trinajstić information content (AvgIpc) is 3.01. The van der Waals surface area contributed by atoms with Gasteiger partial charge in [-0.3, -0.25) is 14.5 Å². The van der Waals surface area contributed by atoms with Gasteiger partial charge >= 0.3 is 0 Å². The van der Waals surface area contributed by atoms with Gasteiger partial charge < -0.3 is 19.5 Å². The van der Waals surface area contributed by atoms with E-state index in [-0.39, 0.29) is 23.9 Å². The van der Waals surface area contributed by atoms with E-state index in [2.05, 4.69) is 5.32 Å². The monoisotopic (exact) mass is 442 g/mol. The maximum atomic E-state index is 13.5. The number of nitrogens with zero attached hydrogens (tertiary/aromatic N) is 1. The average molecular weight is 442 g/mol. The molecule has 7 nitrogen and oxygen atoms in total. The zero-order valence-electron chi connectivity index (χ0n) is 18.6. The molecule has 0 saturated heterocycles. The van der Waals surface area contributed by atoms with Crippen molar-refractivity contribution in [3.63, 3.8) is 0 Å². The lowest BCUT2D eigenvalue weighted by molar-refractivity contribution is -0.137. The predicted molar refractivity (Wildman–Crippen MR) is 119 cm³/mol. The highest BCUT2D eigenvalue weighted by Gasteiger charge is 2.39. The summed E-state index contributed by atoms with van der Waals surface area (Å²) >= 11 is 0. The maximum Gasteiger partial charge on any atom is 0.278 e. The Balaban J connectivity index is 1.95. The molecule has 2 aromatic rings. The number of hydrogen-bond donors (Lipinski definition) is 1. The van der Waals surface area contributed by atoms with Crippen molar-refractivity contribution >= 4 is 23.1 Å². The first-order valence-corrected chi connectivity index (χ1v) is 10.3. The number of carbonyl (C=O) groups excluding carboxylic acids is 2. The van der Waals surface area contributed by atoms with Gasteiger partial charge in [-0.25, -0.2) is 4.39 Å². The van der Waals surface area contributed by atoms with Gasteiger partial charge in [-0.15, -0.1) is 0 Å². The molecule has 0 fully saturated rings. The van der Waals surface area contributed by atoms with Crippen molar-refractivity contribution in [3.8, 4) is 11.5 Å². The normalized spacial score (nSPS) is 13.9. The Morgan fingerprint density at radius 3 is 2.34 bits per heavy atom. The number of carbonyl (C=O) groups is 2. The standard InChI is InChI=1S/C24H27FN2O5/c1-15(2)32-13-5-12-27-23(28)21(16-6-8-17(25)9-7-16)22(24(27)29)26-19-11-10-18(30-3)14-20(19)31-4/h6-11,14-15,26H,5,12-13H2,1-4H3. The summed E-state index contributed by atoms with van der Waals surface area (Å²) in [5.41, 5.74) is 1.22. The van der Waals surface area contributed by atoms with Crippen LogP contribution in [0.4, 0.5) is 10.1 Å². The van der Waals surface area contributed by atoms with Crippen molar-refractivity contribution in [1.82, 2.24) is 4.90 Å². The van der Waals surface area contributed by atoms with Gasteiger partial charge in [0, 0.05) is 19.2 Å². The summed E-state index contributed by atoms with van der Waals surface area (Å²) in [6.07, 6.45) is 0.568. The molecule has 2 amide bonds. The fourth-order valence-corrected chi connectivity index (χ4v) is 3.36. The van der Waals surface area contributed by atoms with Crippen molar-refractivity contribution in [3.05, 3.63) is 59.5 Å². The van der Waals surface area contributed by atoms with Gasteiger partial charge in [0.25, 0.3) is 11.8 Å². The third-order valence-corrected chi connectivity index (χ3v) is 4.95. The first-order chi connectivity index (χ1) is 15.3. The summed E-state index contributed by atoms with van der Waals surface area (Å²) in [6, 6.07) is 10.6. The molecule has 0 aromatic heterocycles. The summed E-state index contributed by atoms with van der Waals surface area (Å²) in [4.78, 5) is 27.6. The lowest BCUT2D eigenvalue weighted by atomic mass is 10.0. The van der Waals surface area contributed by atoms with Crippen LogP contribution in [0.2, 0.25) is 0 Å². The Morgan fingerprint density at radius 1 is 1.00 bits per heavy atom. The van der Waals surface area contributed by atoms with Crippen LogP contribution in [0, 0.1) is 5.82 Å². The number of rotatable bonds is 10. The van der Waals surface area contributed by atoms with E-state index in [0.717, 1.165) is 0 Å². The van der Waals surface area contributed by atoms with Gasteiger partial charge in [0.1, 0.15) is 23.0 Å². The molecular weight excluding hydrogens is 415 g/mol. The molecule has 32 heavy (non-hydrogen) atoms. The van der Waals surface area contributed by atoms with Crippen LogP contribution in [0.1, 0.15) is 25.8 Å². The Morgan fingerprint density at radius 2 is 1.72 bits per heavy atom. The van der Waals surface area contributed by atoms with E-state index in [0.29, 0.717) is 35.8 Å². The molecular formula is C24H27FN2O5. The van der Waals surface area contributed by atoms with Crippen LogP contribution < -0.4 is 14.8 Å². The van der Waals surface area contributed by atoms with Gasteiger partial charge in [-0.1, -0.05) is 12.1 Å². The highest BCUT2D eigenvalue weighted by Crippen LogP contribution is 2.35. The second-order valence-electron chi connectivity index (χ2n) is 7.48. The molecule has 8 heteroatoms. The lowest BCUT2D eigenvalue weighted by Gasteiger charge is -2.16. The number of halogens is 1.